The van der Waals surface area contributed by atoms with Crippen molar-refractivity contribution in [2.24, 2.45) is 0 Å². The van der Waals surface area contributed by atoms with Gasteiger partial charge in [-0.05, 0) is 13.8 Å². The number of hydrogen-bond acceptors (Lipinski definition) is 1. The van der Waals surface area contributed by atoms with Gasteiger partial charge in [0.15, 0.2) is 0 Å². The molecular weight excluding hydrogens is 164 g/mol. The third-order valence-electron chi connectivity index (χ3n) is 0.937. The number of aliphatic carboxylic acids is 1. The fourth-order valence-corrected chi connectivity index (χ4v) is 0.123. The molecule has 0 rings (SSSR count). The molecule has 0 unspecified atom stereocenters. The summed E-state index contributed by atoms with van der Waals surface area (Å²) in [5, 5.41) is 8.11. The lowest BCUT2D eigenvalue weighted by molar-refractivity contribution is -0.132. The zero-order chi connectivity index (χ0) is 11.3. The van der Waals surface area contributed by atoms with E-state index in [4.69, 9.17) is 5.11 Å². The van der Waals surface area contributed by atoms with Crippen molar-refractivity contribution in [1.29, 1.82) is 0 Å². The van der Waals surface area contributed by atoms with E-state index in [0.29, 0.717) is 5.57 Å². The summed E-state index contributed by atoms with van der Waals surface area (Å²) in [6.45, 7) is 16.0. The Morgan fingerprint density at radius 1 is 1.23 bits per heavy atom. The Bertz CT molecular complexity index is 173. The van der Waals surface area contributed by atoms with Gasteiger partial charge in [0.05, 0.1) is 0 Å². The van der Waals surface area contributed by atoms with Crippen LogP contribution in [0.25, 0.3) is 0 Å². The number of carboxylic acids is 1. The average molecular weight is 182 g/mol. The molecule has 0 heterocycles. The molecule has 0 aromatic rings. The molecule has 0 atom stereocenters. The highest BCUT2D eigenvalue weighted by Crippen LogP contribution is 1.87. The minimum absolute atomic E-state index is 0.389. The Morgan fingerprint density at radius 2 is 1.54 bits per heavy atom. The van der Waals surface area contributed by atoms with Gasteiger partial charge in [-0.1, -0.05) is 31.4 Å². The summed E-state index contributed by atoms with van der Waals surface area (Å²) >= 11 is 0. The number of allylic oxidation sites excluding steroid dienone is 3. The lowest BCUT2D eigenvalue weighted by atomic mass is 10.3. The molecular formula is C11H18O2. The molecule has 0 aromatic heterocycles. The molecule has 0 saturated carbocycles. The molecule has 0 saturated heterocycles. The minimum atomic E-state index is -0.845. The average Bonchev–Trinajstić information content (AvgIpc) is 2.19. The Balaban J connectivity index is -0.000000142. The van der Waals surface area contributed by atoms with Crippen LogP contribution >= 0.6 is 0 Å². The molecule has 0 aromatic carbocycles. The van der Waals surface area contributed by atoms with Gasteiger partial charge in [-0.3, -0.25) is 0 Å². The molecule has 0 bridgehead atoms. The molecule has 0 radical (unpaired) electrons. The summed E-state index contributed by atoms with van der Waals surface area (Å²) in [5.74, 6) is -0.845. The Hall–Kier alpha value is -1.57. The molecule has 2 nitrogen and oxygen atoms in total. The second-order valence-electron chi connectivity index (χ2n) is 1.75. The summed E-state index contributed by atoms with van der Waals surface area (Å²) in [4.78, 5) is 9.86. The van der Waals surface area contributed by atoms with Crippen LogP contribution < -0.4 is 0 Å². The van der Waals surface area contributed by atoms with Crippen molar-refractivity contribution < 1.29 is 9.90 Å². The second-order valence-corrected chi connectivity index (χ2v) is 1.75. The molecule has 0 aliphatic carbocycles. The second kappa shape index (κ2) is 16.8. The first-order chi connectivity index (χ1) is 6.09. The summed E-state index contributed by atoms with van der Waals surface area (Å²) in [6, 6.07) is 0. The van der Waals surface area contributed by atoms with E-state index in [1.54, 1.807) is 32.1 Å². The summed E-state index contributed by atoms with van der Waals surface area (Å²) in [7, 11) is 0. The van der Waals surface area contributed by atoms with E-state index in [1.807, 2.05) is 0 Å². The number of carboxylic acid groups (broad SMARTS) is 1. The van der Waals surface area contributed by atoms with Gasteiger partial charge >= 0.3 is 5.97 Å². The molecule has 0 fully saturated rings. The van der Waals surface area contributed by atoms with Gasteiger partial charge in [-0.25, -0.2) is 4.79 Å². The van der Waals surface area contributed by atoms with Crippen LogP contribution in [-0.2, 0) is 4.79 Å². The van der Waals surface area contributed by atoms with Crippen LogP contribution in [0.15, 0.2) is 50.1 Å². The summed E-state index contributed by atoms with van der Waals surface area (Å²) < 4.78 is 0. The Kier molecular flexibility index (Phi) is 22.6. The maximum absolute atomic E-state index is 9.86. The SMILES string of the molecule is C/C=C(\C)C(=O)O.C=C.C=CC=C. The third kappa shape index (κ3) is 25.1. The van der Waals surface area contributed by atoms with E-state index in [1.165, 1.54) is 0 Å². The lowest BCUT2D eigenvalue weighted by Crippen LogP contribution is -1.93. The fourth-order valence-electron chi connectivity index (χ4n) is 0.123. The van der Waals surface area contributed by atoms with Gasteiger partial charge < -0.3 is 5.11 Å². The highest BCUT2D eigenvalue weighted by Gasteiger charge is 1.93. The van der Waals surface area contributed by atoms with Gasteiger partial charge in [0, 0.05) is 5.57 Å². The third-order valence-corrected chi connectivity index (χ3v) is 0.937. The first kappa shape index (κ1) is 17.5. The molecule has 74 valence electrons. The number of hydrogen-bond donors (Lipinski definition) is 1. The number of carbonyl (C=O) groups is 1. The quantitative estimate of drug-likeness (QED) is 0.404. The standard InChI is InChI=1S/C5H8O2.C4H6.C2H4/c1-3-4(2)5(6)7;1-3-4-2;1-2/h3H,1-2H3,(H,6,7);3-4H,1-2H2;1-2H2/b4-3+;;. The predicted octanol–water partition coefficient (Wildman–Crippen LogP) is 3.20. The van der Waals surface area contributed by atoms with Crippen LogP contribution in [0.4, 0.5) is 0 Å². The van der Waals surface area contributed by atoms with Crippen molar-refractivity contribution in [3.05, 3.63) is 50.1 Å². The molecule has 2 heteroatoms. The molecule has 13 heavy (non-hydrogen) atoms. The maximum atomic E-state index is 9.86. The van der Waals surface area contributed by atoms with Crippen LogP contribution in [0.2, 0.25) is 0 Å². The fraction of sp³-hybridized carbons (Fsp3) is 0.182. The van der Waals surface area contributed by atoms with E-state index < -0.39 is 5.97 Å². The van der Waals surface area contributed by atoms with Crippen molar-refractivity contribution in [2.75, 3.05) is 0 Å². The Labute approximate surface area is 80.6 Å². The van der Waals surface area contributed by atoms with Crippen molar-refractivity contribution in [3.63, 3.8) is 0 Å². The van der Waals surface area contributed by atoms with Gasteiger partial charge in [-0.15, -0.1) is 13.2 Å². The molecule has 0 spiro atoms. The van der Waals surface area contributed by atoms with Crippen molar-refractivity contribution in [1.82, 2.24) is 0 Å². The predicted molar refractivity (Wildman–Crippen MR) is 58.7 cm³/mol. The Morgan fingerprint density at radius 3 is 1.54 bits per heavy atom. The van der Waals surface area contributed by atoms with E-state index in [2.05, 4.69) is 26.3 Å². The number of rotatable bonds is 2. The zero-order valence-corrected chi connectivity index (χ0v) is 8.42. The van der Waals surface area contributed by atoms with Crippen LogP contribution in [-0.4, -0.2) is 11.1 Å². The molecule has 0 aliphatic rings. The highest BCUT2D eigenvalue weighted by atomic mass is 16.4. The van der Waals surface area contributed by atoms with Gasteiger partial charge in [0.25, 0.3) is 0 Å². The minimum Gasteiger partial charge on any atom is -0.478 e. The van der Waals surface area contributed by atoms with Crippen LogP contribution in [0.3, 0.4) is 0 Å². The molecule has 0 amide bonds. The summed E-state index contributed by atoms with van der Waals surface area (Å²) in [5.41, 5.74) is 0.389. The van der Waals surface area contributed by atoms with Gasteiger partial charge in [-0.2, -0.15) is 0 Å². The van der Waals surface area contributed by atoms with Crippen molar-refractivity contribution >= 4 is 5.97 Å². The smallest absolute Gasteiger partial charge is 0.330 e. The highest BCUT2D eigenvalue weighted by molar-refractivity contribution is 5.85. The van der Waals surface area contributed by atoms with Crippen LogP contribution in [0, 0.1) is 0 Å². The van der Waals surface area contributed by atoms with E-state index in [9.17, 15) is 4.79 Å². The van der Waals surface area contributed by atoms with Crippen molar-refractivity contribution in [3.8, 4) is 0 Å². The lowest BCUT2D eigenvalue weighted by Gasteiger charge is -1.84. The normalized spacial score (nSPS) is 8.00. The van der Waals surface area contributed by atoms with E-state index in [-0.39, 0.29) is 0 Å². The largest absolute Gasteiger partial charge is 0.478 e. The topological polar surface area (TPSA) is 37.3 Å². The molecule has 0 aliphatic heterocycles. The van der Waals surface area contributed by atoms with E-state index >= 15 is 0 Å². The maximum Gasteiger partial charge on any atom is 0.330 e. The van der Waals surface area contributed by atoms with Crippen molar-refractivity contribution in [2.45, 2.75) is 13.8 Å². The van der Waals surface area contributed by atoms with E-state index in [0.717, 1.165) is 0 Å². The monoisotopic (exact) mass is 182 g/mol. The first-order valence-electron chi connectivity index (χ1n) is 3.69. The zero-order valence-electron chi connectivity index (χ0n) is 8.42. The van der Waals surface area contributed by atoms with Gasteiger partial charge in [0.2, 0.25) is 0 Å². The summed E-state index contributed by atoms with van der Waals surface area (Å²) in [6.07, 6.45) is 4.84. The van der Waals surface area contributed by atoms with Crippen LogP contribution in [0.5, 0.6) is 0 Å². The van der Waals surface area contributed by atoms with Gasteiger partial charge in [0.1, 0.15) is 0 Å². The molecule has 1 N–H and O–H groups in total. The van der Waals surface area contributed by atoms with Crippen LogP contribution in [0.1, 0.15) is 13.8 Å². The first-order valence-corrected chi connectivity index (χ1v) is 3.69.